The highest BCUT2D eigenvalue weighted by Gasteiger charge is 2.16. The Bertz CT molecular complexity index is 1030. The molecule has 0 bridgehead atoms. The zero-order chi connectivity index (χ0) is 18.4. The summed E-state index contributed by atoms with van der Waals surface area (Å²) in [6, 6.07) is 11.7. The van der Waals surface area contributed by atoms with E-state index in [1.807, 2.05) is 0 Å². The van der Waals surface area contributed by atoms with Crippen LogP contribution < -0.4 is 10.0 Å². The normalized spacial score (nSPS) is 10.0. The number of nitrogens with zero attached hydrogens (tertiary/aromatic N) is 4. The first-order valence-electron chi connectivity index (χ1n) is 6.67. The fraction of sp³-hybridized carbons (Fsp3) is 0.0667. The van der Waals surface area contributed by atoms with Crippen molar-refractivity contribution in [1.29, 1.82) is 15.8 Å². The summed E-state index contributed by atoms with van der Waals surface area (Å²) < 4.78 is 31.5. The van der Waals surface area contributed by atoms with Gasteiger partial charge in [-0.2, -0.15) is 15.8 Å². The Morgan fingerprint density at radius 3 is 2.24 bits per heavy atom. The van der Waals surface area contributed by atoms with Gasteiger partial charge >= 0.3 is 0 Å². The average molecular weight is 354 g/mol. The van der Waals surface area contributed by atoms with Crippen LogP contribution in [-0.4, -0.2) is 13.6 Å². The Hall–Kier alpha value is -3.81. The first kappa shape index (κ1) is 17.5. The molecule has 0 spiro atoms. The van der Waals surface area contributed by atoms with Crippen molar-refractivity contribution >= 4 is 21.5 Å². The lowest BCUT2D eigenvalue weighted by Crippen LogP contribution is -2.13. The van der Waals surface area contributed by atoms with Gasteiger partial charge in [0.15, 0.2) is 11.4 Å². The van der Waals surface area contributed by atoms with Gasteiger partial charge < -0.3 is 9.84 Å². The van der Waals surface area contributed by atoms with E-state index in [4.69, 9.17) is 20.3 Å². The monoisotopic (exact) mass is 354 g/mol. The molecule has 0 amide bonds. The summed E-state index contributed by atoms with van der Waals surface area (Å²) in [5.41, 5.74) is -0.255. The molecule has 0 atom stereocenters. The van der Waals surface area contributed by atoms with Crippen LogP contribution in [0.5, 0.6) is 0 Å². The van der Waals surface area contributed by atoms with E-state index >= 15 is 0 Å². The predicted molar refractivity (Wildman–Crippen MR) is 86.0 cm³/mol. The topological polar surface area (TPSA) is 156 Å². The zero-order valence-corrected chi connectivity index (χ0v) is 13.6. The van der Waals surface area contributed by atoms with Gasteiger partial charge in [0.25, 0.3) is 10.0 Å². The fourth-order valence-electron chi connectivity index (χ4n) is 1.76. The minimum atomic E-state index is -3.86. The van der Waals surface area contributed by atoms with Gasteiger partial charge in [0, 0.05) is 11.8 Å². The van der Waals surface area contributed by atoms with E-state index in [-0.39, 0.29) is 22.0 Å². The lowest BCUT2D eigenvalue weighted by molar-refractivity contribution is 0.400. The van der Waals surface area contributed by atoms with Gasteiger partial charge in [-0.1, -0.05) is 5.16 Å². The van der Waals surface area contributed by atoms with Crippen molar-refractivity contribution in [3.63, 3.8) is 0 Å². The van der Waals surface area contributed by atoms with Crippen LogP contribution >= 0.6 is 0 Å². The molecule has 1 heterocycles. The molecule has 1 aromatic carbocycles. The van der Waals surface area contributed by atoms with Crippen LogP contribution in [0.15, 0.2) is 51.0 Å². The smallest absolute Gasteiger partial charge is 0.263 e. The van der Waals surface area contributed by atoms with Gasteiger partial charge in [0.1, 0.15) is 29.7 Å². The molecule has 2 aromatic rings. The van der Waals surface area contributed by atoms with Crippen molar-refractivity contribution < 1.29 is 12.9 Å². The number of aromatic nitrogens is 1. The van der Waals surface area contributed by atoms with E-state index in [1.54, 1.807) is 25.1 Å². The highest BCUT2D eigenvalue weighted by molar-refractivity contribution is 7.92. The van der Waals surface area contributed by atoms with Gasteiger partial charge in [-0.3, -0.25) is 4.72 Å². The number of allylic oxidation sites excluding steroid dienone is 2. The van der Waals surface area contributed by atoms with E-state index < -0.39 is 10.0 Å². The summed E-state index contributed by atoms with van der Waals surface area (Å²) in [5.74, 6) is 0.515. The van der Waals surface area contributed by atoms with Crippen LogP contribution in [0.2, 0.25) is 0 Å². The lowest BCUT2D eigenvalue weighted by Gasteiger charge is -2.07. The zero-order valence-electron chi connectivity index (χ0n) is 12.8. The van der Waals surface area contributed by atoms with E-state index in [2.05, 4.69) is 15.2 Å². The molecule has 0 saturated heterocycles. The van der Waals surface area contributed by atoms with Crippen molar-refractivity contribution in [2.24, 2.45) is 0 Å². The predicted octanol–water partition coefficient (Wildman–Crippen LogP) is 2.02. The Balaban J connectivity index is 2.23. The number of benzene rings is 1. The number of aryl methyl sites for hydroxylation is 1. The summed E-state index contributed by atoms with van der Waals surface area (Å²) in [5, 5.41) is 32.7. The Morgan fingerprint density at radius 1 is 1.12 bits per heavy atom. The van der Waals surface area contributed by atoms with Crippen LogP contribution in [0.1, 0.15) is 5.76 Å². The maximum absolute atomic E-state index is 12.2. The summed E-state index contributed by atoms with van der Waals surface area (Å²) in [7, 11) is -3.86. The average Bonchev–Trinajstić information content (AvgIpc) is 2.99. The standard InChI is InChI=1S/C15H10N6O3S/c1-10-6-15(20-24-10)21-25(22,23)13-4-2-12(3-5-13)19-14(9-18)11(7-16)8-17/h2-6,19H,1H3,(H,20,21). The molecule has 0 saturated carbocycles. The minimum absolute atomic E-state index is 0.0398. The number of nitrogens with one attached hydrogen (secondary N) is 2. The van der Waals surface area contributed by atoms with E-state index in [0.29, 0.717) is 11.4 Å². The largest absolute Gasteiger partial charge is 0.360 e. The molecule has 124 valence electrons. The van der Waals surface area contributed by atoms with Crippen LogP contribution in [0.3, 0.4) is 0 Å². The Morgan fingerprint density at radius 2 is 1.76 bits per heavy atom. The quantitative estimate of drug-likeness (QED) is 0.772. The highest BCUT2D eigenvalue weighted by Crippen LogP contribution is 2.19. The minimum Gasteiger partial charge on any atom is -0.360 e. The second kappa shape index (κ2) is 7.18. The van der Waals surface area contributed by atoms with Gasteiger partial charge in [-0.15, -0.1) is 0 Å². The number of hydrogen-bond acceptors (Lipinski definition) is 8. The van der Waals surface area contributed by atoms with Crippen molar-refractivity contribution in [3.8, 4) is 18.2 Å². The molecule has 2 rings (SSSR count). The highest BCUT2D eigenvalue weighted by atomic mass is 32.2. The van der Waals surface area contributed by atoms with Gasteiger partial charge in [0.2, 0.25) is 0 Å². The summed E-state index contributed by atoms with van der Waals surface area (Å²) >= 11 is 0. The molecular formula is C15H10N6O3S. The Kier molecular flexibility index (Phi) is 5.03. The van der Waals surface area contributed by atoms with Crippen LogP contribution in [0.25, 0.3) is 0 Å². The molecule has 0 aliphatic heterocycles. The van der Waals surface area contributed by atoms with Crippen molar-refractivity contribution in [2.75, 3.05) is 10.0 Å². The number of anilines is 2. The van der Waals surface area contributed by atoms with E-state index in [0.717, 1.165) is 0 Å². The number of nitriles is 3. The molecule has 0 unspecified atom stereocenters. The SMILES string of the molecule is Cc1cc(NS(=O)(=O)c2ccc(NC(C#N)=C(C#N)C#N)cc2)no1. The third-order valence-electron chi connectivity index (χ3n) is 2.89. The molecule has 25 heavy (non-hydrogen) atoms. The molecule has 0 aliphatic carbocycles. The van der Waals surface area contributed by atoms with Gasteiger partial charge in [-0.05, 0) is 31.2 Å². The van der Waals surface area contributed by atoms with Crippen LogP contribution in [0.4, 0.5) is 11.5 Å². The molecule has 10 heteroatoms. The fourth-order valence-corrected chi connectivity index (χ4v) is 2.74. The third-order valence-corrected chi connectivity index (χ3v) is 4.26. The van der Waals surface area contributed by atoms with Crippen molar-refractivity contribution in [3.05, 3.63) is 47.4 Å². The maximum atomic E-state index is 12.2. The molecule has 0 fully saturated rings. The summed E-state index contributed by atoms with van der Waals surface area (Å²) in [6.07, 6.45) is 0. The molecule has 1 aromatic heterocycles. The van der Waals surface area contributed by atoms with Crippen molar-refractivity contribution in [1.82, 2.24) is 5.16 Å². The summed E-state index contributed by atoms with van der Waals surface area (Å²) in [6.45, 7) is 1.63. The maximum Gasteiger partial charge on any atom is 0.263 e. The van der Waals surface area contributed by atoms with Crippen LogP contribution in [0, 0.1) is 40.9 Å². The molecule has 2 N–H and O–H groups in total. The van der Waals surface area contributed by atoms with Crippen molar-refractivity contribution in [2.45, 2.75) is 11.8 Å². The first-order chi connectivity index (χ1) is 11.9. The second-order valence-electron chi connectivity index (χ2n) is 4.66. The Labute approximate surface area is 143 Å². The number of sulfonamides is 1. The second-order valence-corrected chi connectivity index (χ2v) is 6.35. The number of hydrogen-bond donors (Lipinski definition) is 2. The third kappa shape index (κ3) is 4.14. The van der Waals surface area contributed by atoms with E-state index in [9.17, 15) is 8.42 Å². The first-order valence-corrected chi connectivity index (χ1v) is 8.15. The molecule has 0 radical (unpaired) electrons. The molecular weight excluding hydrogens is 344 g/mol. The molecule has 9 nitrogen and oxygen atoms in total. The van der Waals surface area contributed by atoms with E-state index in [1.165, 1.54) is 30.3 Å². The van der Waals surface area contributed by atoms with Crippen LogP contribution in [-0.2, 0) is 10.0 Å². The molecule has 0 aliphatic rings. The van der Waals surface area contributed by atoms with Gasteiger partial charge in [-0.25, -0.2) is 8.42 Å². The summed E-state index contributed by atoms with van der Waals surface area (Å²) in [4.78, 5) is -0.0398. The van der Waals surface area contributed by atoms with Gasteiger partial charge in [0.05, 0.1) is 4.90 Å². The number of rotatable bonds is 5. The lowest BCUT2D eigenvalue weighted by atomic mass is 10.2.